The zero-order valence-electron chi connectivity index (χ0n) is 18.3. The number of hydrogen-bond donors (Lipinski definition) is 1. The molecule has 9 nitrogen and oxygen atoms in total. The minimum atomic E-state index is -0.448. The SMILES string of the molecule is CC1CC(C)CN(c2nc(N3CCN(Cc4ccccc4)CC3)nc(N)c2[N+](=O)[O-])C1. The van der Waals surface area contributed by atoms with E-state index in [-0.39, 0.29) is 11.5 Å². The maximum absolute atomic E-state index is 11.8. The first-order valence-corrected chi connectivity index (χ1v) is 11.0. The van der Waals surface area contributed by atoms with Crippen molar-refractivity contribution in [3.8, 4) is 0 Å². The number of piperazine rings is 1. The minimum Gasteiger partial charge on any atom is -0.378 e. The highest BCUT2D eigenvalue weighted by atomic mass is 16.6. The number of benzene rings is 1. The Bertz CT molecular complexity index is 906. The fourth-order valence-electron chi connectivity index (χ4n) is 4.77. The Morgan fingerprint density at radius 1 is 1.03 bits per heavy atom. The molecule has 0 amide bonds. The lowest BCUT2D eigenvalue weighted by atomic mass is 9.92. The van der Waals surface area contributed by atoms with Crippen LogP contribution in [-0.4, -0.2) is 59.1 Å². The molecule has 0 spiro atoms. The van der Waals surface area contributed by atoms with E-state index in [0.29, 0.717) is 23.6 Å². The Balaban J connectivity index is 1.52. The second-order valence-corrected chi connectivity index (χ2v) is 8.94. The van der Waals surface area contributed by atoms with Gasteiger partial charge in [0.25, 0.3) is 0 Å². The molecule has 2 unspecified atom stereocenters. The van der Waals surface area contributed by atoms with E-state index in [1.807, 2.05) is 11.0 Å². The van der Waals surface area contributed by atoms with Crippen LogP contribution in [0, 0.1) is 22.0 Å². The molecule has 4 rings (SSSR count). The predicted molar refractivity (Wildman–Crippen MR) is 122 cm³/mol. The van der Waals surface area contributed by atoms with Gasteiger partial charge in [0.05, 0.1) is 4.92 Å². The van der Waals surface area contributed by atoms with Crippen molar-refractivity contribution in [3.63, 3.8) is 0 Å². The summed E-state index contributed by atoms with van der Waals surface area (Å²) < 4.78 is 0. The average Bonchev–Trinajstić information content (AvgIpc) is 2.73. The van der Waals surface area contributed by atoms with E-state index in [0.717, 1.165) is 52.2 Å². The number of nitrogen functional groups attached to an aromatic ring is 1. The number of rotatable bonds is 5. The van der Waals surface area contributed by atoms with E-state index in [2.05, 4.69) is 57.9 Å². The summed E-state index contributed by atoms with van der Waals surface area (Å²) in [5.74, 6) is 1.69. The van der Waals surface area contributed by atoms with Crippen molar-refractivity contribution in [2.75, 3.05) is 54.8 Å². The quantitative estimate of drug-likeness (QED) is 0.576. The Morgan fingerprint density at radius 3 is 2.29 bits per heavy atom. The first-order valence-electron chi connectivity index (χ1n) is 11.0. The third-order valence-corrected chi connectivity index (χ3v) is 6.14. The highest BCUT2D eigenvalue weighted by molar-refractivity contribution is 5.71. The monoisotopic (exact) mass is 425 g/mol. The van der Waals surface area contributed by atoms with E-state index >= 15 is 0 Å². The summed E-state index contributed by atoms with van der Waals surface area (Å²) in [4.78, 5) is 26.8. The highest BCUT2D eigenvalue weighted by Crippen LogP contribution is 2.36. The smallest absolute Gasteiger partial charge is 0.353 e. The molecular weight excluding hydrogens is 394 g/mol. The first kappa shape index (κ1) is 21.3. The molecule has 2 aromatic rings. The van der Waals surface area contributed by atoms with Crippen LogP contribution in [0.4, 0.5) is 23.3 Å². The van der Waals surface area contributed by atoms with Gasteiger partial charge in [0, 0.05) is 45.8 Å². The van der Waals surface area contributed by atoms with Gasteiger partial charge in [-0.3, -0.25) is 15.0 Å². The molecule has 1 aromatic heterocycles. The first-order chi connectivity index (χ1) is 14.9. The van der Waals surface area contributed by atoms with Gasteiger partial charge in [-0.2, -0.15) is 9.97 Å². The number of nitrogens with two attached hydrogens (primary N) is 1. The molecule has 1 aromatic carbocycles. The van der Waals surface area contributed by atoms with Gasteiger partial charge in [0.15, 0.2) is 0 Å². The number of anilines is 3. The van der Waals surface area contributed by atoms with E-state index in [9.17, 15) is 10.1 Å². The number of piperidine rings is 1. The van der Waals surface area contributed by atoms with E-state index < -0.39 is 4.92 Å². The van der Waals surface area contributed by atoms with Gasteiger partial charge in [-0.25, -0.2) is 0 Å². The number of nitrogens with zero attached hydrogens (tertiary/aromatic N) is 6. The zero-order chi connectivity index (χ0) is 22.0. The van der Waals surface area contributed by atoms with Crippen LogP contribution < -0.4 is 15.5 Å². The maximum Gasteiger partial charge on any atom is 0.353 e. The second kappa shape index (κ2) is 9.05. The van der Waals surface area contributed by atoms with Gasteiger partial charge in [0.2, 0.25) is 17.6 Å². The van der Waals surface area contributed by atoms with Crippen molar-refractivity contribution in [2.24, 2.45) is 11.8 Å². The summed E-state index contributed by atoms with van der Waals surface area (Å²) in [6.07, 6.45) is 1.11. The highest BCUT2D eigenvalue weighted by Gasteiger charge is 2.33. The lowest BCUT2D eigenvalue weighted by molar-refractivity contribution is -0.383. The third kappa shape index (κ3) is 4.87. The lowest BCUT2D eigenvalue weighted by Crippen LogP contribution is -2.47. The molecule has 3 heterocycles. The van der Waals surface area contributed by atoms with Crippen LogP contribution in [0.2, 0.25) is 0 Å². The van der Waals surface area contributed by atoms with E-state index in [1.165, 1.54) is 5.56 Å². The molecule has 2 fully saturated rings. The van der Waals surface area contributed by atoms with Crippen molar-refractivity contribution >= 4 is 23.3 Å². The topological polar surface area (TPSA) is 105 Å². The van der Waals surface area contributed by atoms with Gasteiger partial charge in [0.1, 0.15) is 0 Å². The second-order valence-electron chi connectivity index (χ2n) is 8.94. The van der Waals surface area contributed by atoms with Crippen LogP contribution in [0.15, 0.2) is 30.3 Å². The molecule has 31 heavy (non-hydrogen) atoms. The zero-order valence-corrected chi connectivity index (χ0v) is 18.3. The minimum absolute atomic E-state index is 0.0532. The lowest BCUT2D eigenvalue weighted by Gasteiger charge is -2.37. The van der Waals surface area contributed by atoms with Gasteiger partial charge >= 0.3 is 5.69 Å². The fourth-order valence-corrected chi connectivity index (χ4v) is 4.77. The summed E-state index contributed by atoms with van der Waals surface area (Å²) >= 11 is 0. The normalized spacial score (nSPS) is 22.5. The Morgan fingerprint density at radius 2 is 1.68 bits per heavy atom. The van der Waals surface area contributed by atoms with Crippen molar-refractivity contribution in [1.29, 1.82) is 0 Å². The molecule has 166 valence electrons. The molecule has 2 atom stereocenters. The van der Waals surface area contributed by atoms with Gasteiger partial charge in [-0.1, -0.05) is 44.2 Å². The van der Waals surface area contributed by atoms with E-state index in [4.69, 9.17) is 5.73 Å². The van der Waals surface area contributed by atoms with Crippen LogP contribution in [0.25, 0.3) is 0 Å². The molecule has 2 aliphatic rings. The summed E-state index contributed by atoms with van der Waals surface area (Å²) in [5.41, 5.74) is 7.20. The summed E-state index contributed by atoms with van der Waals surface area (Å²) in [5, 5.41) is 11.8. The molecule has 9 heteroatoms. The van der Waals surface area contributed by atoms with E-state index in [1.54, 1.807) is 0 Å². The molecule has 0 aliphatic carbocycles. The van der Waals surface area contributed by atoms with Crippen LogP contribution in [-0.2, 0) is 6.54 Å². The number of nitro groups is 1. The molecule has 2 aliphatic heterocycles. The average molecular weight is 426 g/mol. The molecule has 2 N–H and O–H groups in total. The summed E-state index contributed by atoms with van der Waals surface area (Å²) in [7, 11) is 0. The molecule has 0 radical (unpaired) electrons. The predicted octanol–water partition coefficient (Wildman–Crippen LogP) is 2.77. The van der Waals surface area contributed by atoms with Crippen molar-refractivity contribution in [3.05, 3.63) is 46.0 Å². The van der Waals surface area contributed by atoms with Crippen LogP contribution in [0.5, 0.6) is 0 Å². The van der Waals surface area contributed by atoms with Crippen LogP contribution in [0.3, 0.4) is 0 Å². The van der Waals surface area contributed by atoms with Crippen molar-refractivity contribution < 1.29 is 4.92 Å². The Kier molecular flexibility index (Phi) is 6.22. The van der Waals surface area contributed by atoms with Crippen LogP contribution >= 0.6 is 0 Å². The van der Waals surface area contributed by atoms with Gasteiger partial charge < -0.3 is 15.5 Å². The molecule has 2 saturated heterocycles. The number of aromatic nitrogens is 2. The van der Waals surface area contributed by atoms with Crippen LogP contribution in [0.1, 0.15) is 25.8 Å². The standard InChI is InChI=1S/C22H31N7O2/c1-16-12-17(2)14-28(13-16)21-19(29(30)31)20(23)24-22(25-21)27-10-8-26(9-11-27)15-18-6-4-3-5-7-18/h3-7,16-17H,8-15H2,1-2H3,(H2,23,24,25). The largest absolute Gasteiger partial charge is 0.378 e. The Labute approximate surface area is 183 Å². The van der Waals surface area contributed by atoms with Crippen molar-refractivity contribution in [2.45, 2.75) is 26.8 Å². The molecule has 0 bridgehead atoms. The van der Waals surface area contributed by atoms with Crippen molar-refractivity contribution in [1.82, 2.24) is 14.9 Å². The fraction of sp³-hybridized carbons (Fsp3) is 0.545. The summed E-state index contributed by atoms with van der Waals surface area (Å²) in [6.45, 7) is 10.0. The van der Waals surface area contributed by atoms with Gasteiger partial charge in [-0.05, 0) is 23.8 Å². The van der Waals surface area contributed by atoms with Gasteiger partial charge in [-0.15, -0.1) is 0 Å². The third-order valence-electron chi connectivity index (χ3n) is 6.14. The molecule has 0 saturated carbocycles. The maximum atomic E-state index is 11.8. The number of hydrogen-bond acceptors (Lipinski definition) is 8. The summed E-state index contributed by atoms with van der Waals surface area (Å²) in [6, 6.07) is 10.4. The Hall–Kier alpha value is -2.94. The molecular formula is C22H31N7O2.